The van der Waals surface area contributed by atoms with Crippen molar-refractivity contribution in [3.05, 3.63) is 33.9 Å². The van der Waals surface area contributed by atoms with E-state index in [1.54, 1.807) is 17.8 Å². The van der Waals surface area contributed by atoms with E-state index in [0.29, 0.717) is 11.4 Å². The highest BCUT2D eigenvalue weighted by molar-refractivity contribution is 14.1. The highest BCUT2D eigenvalue weighted by atomic mass is 127. The Morgan fingerprint density at radius 1 is 1.29 bits per heavy atom. The van der Waals surface area contributed by atoms with E-state index < -0.39 is 11.9 Å². The van der Waals surface area contributed by atoms with Crippen LogP contribution >= 0.6 is 22.6 Å². The van der Waals surface area contributed by atoms with Crippen molar-refractivity contribution < 1.29 is 13.2 Å². The van der Waals surface area contributed by atoms with E-state index in [9.17, 15) is 13.2 Å². The molecular weight excluding hydrogens is 346 g/mol. The van der Waals surface area contributed by atoms with Crippen LogP contribution in [0.4, 0.5) is 13.2 Å². The molecule has 0 spiro atoms. The number of aryl methyl sites for hydroxylation is 1. The normalized spacial score (nSPS) is 11.8. The lowest BCUT2D eigenvalue weighted by Crippen LogP contribution is -2.07. The quantitative estimate of drug-likeness (QED) is 0.738. The number of aromatic nitrogens is 3. The van der Waals surface area contributed by atoms with Gasteiger partial charge in [0.2, 0.25) is 0 Å². The molecule has 7 heteroatoms. The molecule has 17 heavy (non-hydrogen) atoms. The second kappa shape index (κ2) is 4.28. The van der Waals surface area contributed by atoms with Gasteiger partial charge in [-0.2, -0.15) is 13.2 Å². The zero-order valence-electron chi connectivity index (χ0n) is 8.66. The molecule has 0 aromatic carbocycles. The van der Waals surface area contributed by atoms with Crippen molar-refractivity contribution in [3.8, 4) is 11.4 Å². The SMILES string of the molecule is Cn1cc(I)nc1-c1ccc(C(F)(F)F)nc1. The summed E-state index contributed by atoms with van der Waals surface area (Å²) in [6.07, 6.45) is -1.44. The third-order valence-corrected chi connectivity index (χ3v) is 2.68. The maximum absolute atomic E-state index is 12.3. The van der Waals surface area contributed by atoms with Crippen LogP contribution in [0, 0.1) is 3.70 Å². The van der Waals surface area contributed by atoms with Crippen molar-refractivity contribution >= 4 is 22.6 Å². The average molecular weight is 353 g/mol. The highest BCUT2D eigenvalue weighted by Gasteiger charge is 2.32. The van der Waals surface area contributed by atoms with Crippen molar-refractivity contribution in [1.82, 2.24) is 14.5 Å². The topological polar surface area (TPSA) is 30.7 Å². The second-order valence-corrected chi connectivity index (χ2v) is 4.53. The molecule has 0 unspecified atom stereocenters. The minimum atomic E-state index is -4.41. The van der Waals surface area contributed by atoms with E-state index >= 15 is 0 Å². The van der Waals surface area contributed by atoms with E-state index in [4.69, 9.17) is 0 Å². The van der Waals surface area contributed by atoms with Crippen LogP contribution in [0.15, 0.2) is 24.5 Å². The fourth-order valence-electron chi connectivity index (χ4n) is 1.39. The molecule has 0 saturated carbocycles. The Labute approximate surface area is 109 Å². The van der Waals surface area contributed by atoms with E-state index in [-0.39, 0.29) is 0 Å². The van der Waals surface area contributed by atoms with Crippen LogP contribution in [0.5, 0.6) is 0 Å². The Morgan fingerprint density at radius 2 is 2.00 bits per heavy atom. The molecule has 0 atom stereocenters. The fraction of sp³-hybridized carbons (Fsp3) is 0.200. The molecule has 2 heterocycles. The summed E-state index contributed by atoms with van der Waals surface area (Å²) in [7, 11) is 1.78. The zero-order chi connectivity index (χ0) is 12.6. The molecular formula is C10H7F3IN3. The molecule has 2 aromatic heterocycles. The number of rotatable bonds is 1. The average Bonchev–Trinajstić information content (AvgIpc) is 2.57. The van der Waals surface area contributed by atoms with Crippen molar-refractivity contribution in [2.24, 2.45) is 7.05 Å². The van der Waals surface area contributed by atoms with Crippen LogP contribution in [0.3, 0.4) is 0 Å². The molecule has 2 rings (SSSR count). The smallest absolute Gasteiger partial charge is 0.333 e. The molecule has 2 aromatic rings. The van der Waals surface area contributed by atoms with Gasteiger partial charge in [0, 0.05) is 25.0 Å². The third kappa shape index (κ3) is 2.59. The number of halogens is 4. The van der Waals surface area contributed by atoms with E-state index in [1.807, 2.05) is 22.6 Å². The van der Waals surface area contributed by atoms with Gasteiger partial charge in [0.05, 0.1) is 0 Å². The highest BCUT2D eigenvalue weighted by Crippen LogP contribution is 2.28. The summed E-state index contributed by atoms with van der Waals surface area (Å²) < 4.78 is 39.5. The van der Waals surface area contributed by atoms with Gasteiger partial charge < -0.3 is 4.57 Å². The lowest BCUT2D eigenvalue weighted by molar-refractivity contribution is -0.141. The van der Waals surface area contributed by atoms with Crippen LogP contribution in [0.1, 0.15) is 5.69 Å². The summed E-state index contributed by atoms with van der Waals surface area (Å²) in [6, 6.07) is 2.32. The van der Waals surface area contributed by atoms with E-state index in [1.165, 1.54) is 12.3 Å². The number of imidazole rings is 1. The summed E-state index contributed by atoms with van der Waals surface area (Å²) in [6.45, 7) is 0. The second-order valence-electron chi connectivity index (χ2n) is 3.43. The van der Waals surface area contributed by atoms with Gasteiger partial charge in [-0.25, -0.2) is 4.98 Å². The van der Waals surface area contributed by atoms with Crippen molar-refractivity contribution in [2.75, 3.05) is 0 Å². The van der Waals surface area contributed by atoms with Crippen LogP contribution in [0.25, 0.3) is 11.4 Å². The van der Waals surface area contributed by atoms with E-state index in [0.717, 1.165) is 9.77 Å². The molecule has 0 aliphatic heterocycles. The lowest BCUT2D eigenvalue weighted by Gasteiger charge is -2.06. The Kier molecular flexibility index (Phi) is 3.11. The summed E-state index contributed by atoms with van der Waals surface area (Å²) in [5.74, 6) is 0.593. The summed E-state index contributed by atoms with van der Waals surface area (Å²) >= 11 is 2.04. The molecule has 0 fully saturated rings. The van der Waals surface area contributed by atoms with Gasteiger partial charge in [-0.3, -0.25) is 4.98 Å². The maximum atomic E-state index is 12.3. The zero-order valence-corrected chi connectivity index (χ0v) is 10.8. The molecule has 0 bridgehead atoms. The van der Waals surface area contributed by atoms with Crippen LogP contribution in [-0.4, -0.2) is 14.5 Å². The lowest BCUT2D eigenvalue weighted by atomic mass is 10.2. The minimum Gasteiger partial charge on any atom is -0.333 e. The van der Waals surface area contributed by atoms with Gasteiger partial charge in [-0.1, -0.05) is 0 Å². The first-order valence-corrected chi connectivity index (χ1v) is 5.68. The van der Waals surface area contributed by atoms with Gasteiger partial charge in [0.15, 0.2) is 0 Å². The number of hydrogen-bond donors (Lipinski definition) is 0. The molecule has 0 amide bonds. The first-order valence-electron chi connectivity index (χ1n) is 4.60. The summed E-state index contributed by atoms with van der Waals surface area (Å²) in [4.78, 5) is 7.60. The largest absolute Gasteiger partial charge is 0.433 e. The third-order valence-electron chi connectivity index (χ3n) is 2.16. The Bertz CT molecular complexity index is 531. The number of pyridine rings is 1. The Balaban J connectivity index is 2.39. The number of alkyl halides is 3. The van der Waals surface area contributed by atoms with Crippen LogP contribution < -0.4 is 0 Å². The van der Waals surface area contributed by atoms with Crippen molar-refractivity contribution in [3.63, 3.8) is 0 Å². The van der Waals surface area contributed by atoms with Gasteiger partial charge in [-0.15, -0.1) is 0 Å². The molecule has 0 radical (unpaired) electrons. The standard InChI is InChI=1S/C10H7F3IN3/c1-17-5-8(14)16-9(17)6-2-3-7(15-4-6)10(11,12)13/h2-5H,1H3. The van der Waals surface area contributed by atoms with Gasteiger partial charge in [0.1, 0.15) is 15.2 Å². The molecule has 0 saturated heterocycles. The van der Waals surface area contributed by atoms with Gasteiger partial charge in [-0.05, 0) is 34.7 Å². The fourth-order valence-corrected chi connectivity index (χ4v) is 2.04. The maximum Gasteiger partial charge on any atom is 0.433 e. The minimum absolute atomic E-state index is 0.559. The molecule has 0 aliphatic rings. The predicted octanol–water partition coefficient (Wildman–Crippen LogP) is 3.11. The number of hydrogen-bond acceptors (Lipinski definition) is 2. The van der Waals surface area contributed by atoms with E-state index in [2.05, 4.69) is 9.97 Å². The summed E-state index contributed by atoms with van der Waals surface area (Å²) in [5.41, 5.74) is -0.339. The van der Waals surface area contributed by atoms with Crippen molar-refractivity contribution in [2.45, 2.75) is 6.18 Å². The van der Waals surface area contributed by atoms with Gasteiger partial charge >= 0.3 is 6.18 Å². The van der Waals surface area contributed by atoms with Crippen molar-refractivity contribution in [1.29, 1.82) is 0 Å². The Hall–Kier alpha value is -1.12. The first-order chi connectivity index (χ1) is 7.88. The summed E-state index contributed by atoms with van der Waals surface area (Å²) in [5, 5.41) is 0. The molecule has 3 nitrogen and oxygen atoms in total. The van der Waals surface area contributed by atoms with Crippen LogP contribution in [0.2, 0.25) is 0 Å². The monoisotopic (exact) mass is 353 g/mol. The van der Waals surface area contributed by atoms with Crippen LogP contribution in [-0.2, 0) is 13.2 Å². The number of nitrogens with zero attached hydrogens (tertiary/aromatic N) is 3. The Morgan fingerprint density at radius 3 is 2.41 bits per heavy atom. The predicted molar refractivity (Wildman–Crippen MR) is 64.2 cm³/mol. The molecule has 90 valence electrons. The first kappa shape index (κ1) is 12.3. The molecule has 0 aliphatic carbocycles. The van der Waals surface area contributed by atoms with Gasteiger partial charge in [0.25, 0.3) is 0 Å². The molecule has 0 N–H and O–H groups in total.